The summed E-state index contributed by atoms with van der Waals surface area (Å²) in [5.74, 6) is 0.302. The van der Waals surface area contributed by atoms with Gasteiger partial charge in [-0.05, 0) is 37.1 Å². The Bertz CT molecular complexity index is 697. The molecule has 3 rings (SSSR count). The second-order valence-electron chi connectivity index (χ2n) is 6.38. The highest BCUT2D eigenvalue weighted by atomic mass is 16.3. The molecule has 0 bridgehead atoms. The van der Waals surface area contributed by atoms with Crippen molar-refractivity contribution < 1.29 is 14.3 Å². The van der Waals surface area contributed by atoms with Gasteiger partial charge >= 0.3 is 0 Å². The molecule has 1 amide bonds. The molecule has 0 radical (unpaired) electrons. The molecule has 1 fully saturated rings. The van der Waals surface area contributed by atoms with Crippen LogP contribution in [-0.4, -0.2) is 41.6 Å². The van der Waals surface area contributed by atoms with Crippen LogP contribution in [0.3, 0.4) is 0 Å². The smallest absolute Gasteiger partial charge is 0.257 e. The lowest BCUT2D eigenvalue weighted by Crippen LogP contribution is -2.54. The normalized spacial score (nSPS) is 18.0. The molecule has 24 heavy (non-hydrogen) atoms. The van der Waals surface area contributed by atoms with Crippen LogP contribution in [0.15, 0.2) is 41.2 Å². The quantitative estimate of drug-likeness (QED) is 0.936. The topological polar surface area (TPSA) is 56.9 Å². The molecule has 1 aromatic carbocycles. The number of rotatable bonds is 4. The van der Waals surface area contributed by atoms with Crippen LogP contribution in [0.25, 0.3) is 0 Å². The molecule has 2 aromatic rings. The van der Waals surface area contributed by atoms with E-state index in [1.54, 1.807) is 12.1 Å². The van der Waals surface area contributed by atoms with E-state index in [0.717, 1.165) is 18.5 Å². The number of carbonyl (C=O) groups excluding carboxylic acids is 1. The summed E-state index contributed by atoms with van der Waals surface area (Å²) in [6, 6.07) is 7.58. The minimum absolute atomic E-state index is 0.000134. The highest BCUT2D eigenvalue weighted by Gasteiger charge is 2.29. The van der Waals surface area contributed by atoms with Crippen molar-refractivity contribution in [3.8, 4) is 5.75 Å². The SMILES string of the molecule is CCCc1ccc(O)c(N2CCN(C(=O)c3ccoc3)[C@H](C)C2)c1. The Hall–Kier alpha value is -2.43. The summed E-state index contributed by atoms with van der Waals surface area (Å²) >= 11 is 0. The van der Waals surface area contributed by atoms with Gasteiger partial charge in [0.05, 0.1) is 17.5 Å². The Balaban J connectivity index is 1.73. The average Bonchev–Trinajstić information content (AvgIpc) is 3.11. The number of amides is 1. The molecular weight excluding hydrogens is 304 g/mol. The molecule has 1 saturated heterocycles. The van der Waals surface area contributed by atoms with Crippen LogP contribution in [0.2, 0.25) is 0 Å². The van der Waals surface area contributed by atoms with Gasteiger partial charge in [-0.15, -0.1) is 0 Å². The molecule has 1 atom stereocenters. The second-order valence-corrected chi connectivity index (χ2v) is 6.38. The number of aryl methyl sites for hydroxylation is 1. The van der Waals surface area contributed by atoms with Crippen LogP contribution in [0.4, 0.5) is 5.69 Å². The monoisotopic (exact) mass is 328 g/mol. The van der Waals surface area contributed by atoms with E-state index in [2.05, 4.69) is 17.9 Å². The van der Waals surface area contributed by atoms with Crippen molar-refractivity contribution in [1.29, 1.82) is 0 Å². The first kappa shape index (κ1) is 16.4. The van der Waals surface area contributed by atoms with Gasteiger partial charge in [-0.25, -0.2) is 0 Å². The predicted molar refractivity (Wildman–Crippen MR) is 93.5 cm³/mol. The summed E-state index contributed by atoms with van der Waals surface area (Å²) in [5, 5.41) is 10.2. The van der Waals surface area contributed by atoms with Crippen molar-refractivity contribution in [2.45, 2.75) is 32.7 Å². The zero-order valence-corrected chi connectivity index (χ0v) is 14.2. The van der Waals surface area contributed by atoms with Gasteiger partial charge in [0.2, 0.25) is 0 Å². The fraction of sp³-hybridized carbons (Fsp3) is 0.421. The van der Waals surface area contributed by atoms with Crippen molar-refractivity contribution in [3.05, 3.63) is 47.9 Å². The lowest BCUT2D eigenvalue weighted by Gasteiger charge is -2.41. The number of benzene rings is 1. The number of piperazine rings is 1. The predicted octanol–water partition coefficient (Wildman–Crippen LogP) is 3.29. The van der Waals surface area contributed by atoms with Gasteiger partial charge in [0.25, 0.3) is 5.91 Å². The number of phenolic OH excluding ortho intramolecular Hbond substituents is 1. The van der Waals surface area contributed by atoms with Gasteiger partial charge in [-0.2, -0.15) is 0 Å². The zero-order chi connectivity index (χ0) is 17.1. The Labute approximate surface area is 142 Å². The third kappa shape index (κ3) is 3.25. The molecule has 5 nitrogen and oxygen atoms in total. The minimum atomic E-state index is -0.000134. The summed E-state index contributed by atoms with van der Waals surface area (Å²) in [4.78, 5) is 16.6. The van der Waals surface area contributed by atoms with E-state index in [1.807, 2.05) is 17.9 Å². The maximum Gasteiger partial charge on any atom is 0.257 e. The van der Waals surface area contributed by atoms with Gasteiger partial charge in [0, 0.05) is 25.7 Å². The summed E-state index contributed by atoms with van der Waals surface area (Å²) in [6.45, 7) is 6.22. The molecule has 1 N–H and O–H groups in total. The van der Waals surface area contributed by atoms with E-state index in [0.29, 0.717) is 30.9 Å². The van der Waals surface area contributed by atoms with Crippen LogP contribution in [-0.2, 0) is 6.42 Å². The summed E-state index contributed by atoms with van der Waals surface area (Å²) in [7, 11) is 0. The van der Waals surface area contributed by atoms with E-state index in [-0.39, 0.29) is 11.9 Å². The van der Waals surface area contributed by atoms with Gasteiger partial charge < -0.3 is 19.3 Å². The number of nitrogens with zero attached hydrogens (tertiary/aromatic N) is 2. The maximum absolute atomic E-state index is 12.5. The Morgan fingerprint density at radius 3 is 2.83 bits per heavy atom. The van der Waals surface area contributed by atoms with E-state index in [1.165, 1.54) is 18.1 Å². The van der Waals surface area contributed by atoms with Crippen LogP contribution in [0.5, 0.6) is 5.75 Å². The van der Waals surface area contributed by atoms with E-state index in [4.69, 9.17) is 4.42 Å². The molecule has 0 unspecified atom stereocenters. The first-order chi connectivity index (χ1) is 11.6. The Morgan fingerprint density at radius 2 is 2.17 bits per heavy atom. The van der Waals surface area contributed by atoms with Gasteiger partial charge in [0.1, 0.15) is 12.0 Å². The molecule has 1 aliphatic heterocycles. The van der Waals surface area contributed by atoms with Crippen molar-refractivity contribution in [1.82, 2.24) is 4.90 Å². The number of anilines is 1. The minimum Gasteiger partial charge on any atom is -0.506 e. The van der Waals surface area contributed by atoms with Crippen LogP contribution in [0, 0.1) is 0 Å². The number of furan rings is 1. The molecule has 5 heteroatoms. The maximum atomic E-state index is 12.5. The summed E-state index contributed by atoms with van der Waals surface area (Å²) in [5.41, 5.74) is 2.68. The van der Waals surface area contributed by atoms with Crippen molar-refractivity contribution >= 4 is 11.6 Å². The van der Waals surface area contributed by atoms with E-state index in [9.17, 15) is 9.90 Å². The van der Waals surface area contributed by atoms with E-state index < -0.39 is 0 Å². The summed E-state index contributed by atoms with van der Waals surface area (Å²) < 4.78 is 5.01. The highest BCUT2D eigenvalue weighted by Crippen LogP contribution is 2.31. The standard InChI is InChI=1S/C19H24N2O3/c1-3-4-15-5-6-18(22)17(11-15)20-8-9-21(14(2)12-20)19(23)16-7-10-24-13-16/h5-7,10-11,13-14,22H,3-4,8-9,12H2,1-2H3/t14-/m1/s1. The molecular formula is C19H24N2O3. The Morgan fingerprint density at radius 1 is 1.33 bits per heavy atom. The third-order valence-electron chi connectivity index (χ3n) is 4.58. The fourth-order valence-electron chi connectivity index (χ4n) is 3.30. The summed E-state index contributed by atoms with van der Waals surface area (Å²) in [6.07, 6.45) is 5.09. The van der Waals surface area contributed by atoms with Gasteiger partial charge in [0.15, 0.2) is 0 Å². The second kappa shape index (κ2) is 6.99. The number of aromatic hydroxyl groups is 1. The van der Waals surface area contributed by atoms with Crippen molar-refractivity contribution in [2.24, 2.45) is 0 Å². The molecule has 1 aromatic heterocycles. The number of hydrogen-bond donors (Lipinski definition) is 1. The average molecular weight is 328 g/mol. The molecule has 0 saturated carbocycles. The molecule has 0 aliphatic carbocycles. The van der Waals surface area contributed by atoms with Crippen molar-refractivity contribution in [3.63, 3.8) is 0 Å². The zero-order valence-electron chi connectivity index (χ0n) is 14.2. The highest BCUT2D eigenvalue weighted by molar-refractivity contribution is 5.94. The first-order valence-corrected chi connectivity index (χ1v) is 8.50. The number of hydrogen-bond acceptors (Lipinski definition) is 4. The molecule has 1 aliphatic rings. The number of carbonyl (C=O) groups is 1. The van der Waals surface area contributed by atoms with Crippen molar-refractivity contribution in [2.75, 3.05) is 24.5 Å². The third-order valence-corrected chi connectivity index (χ3v) is 4.58. The van der Waals surface area contributed by atoms with E-state index >= 15 is 0 Å². The Kier molecular flexibility index (Phi) is 4.79. The first-order valence-electron chi connectivity index (χ1n) is 8.50. The lowest BCUT2D eigenvalue weighted by molar-refractivity contribution is 0.0673. The molecule has 128 valence electrons. The van der Waals surface area contributed by atoms with Gasteiger partial charge in [-0.1, -0.05) is 19.4 Å². The largest absolute Gasteiger partial charge is 0.506 e. The fourth-order valence-corrected chi connectivity index (χ4v) is 3.30. The van der Waals surface area contributed by atoms with Gasteiger partial charge in [-0.3, -0.25) is 4.79 Å². The molecule has 2 heterocycles. The van der Waals surface area contributed by atoms with Crippen LogP contribution < -0.4 is 4.90 Å². The lowest BCUT2D eigenvalue weighted by atomic mass is 10.1. The number of phenols is 1. The van der Waals surface area contributed by atoms with Crippen LogP contribution in [0.1, 0.15) is 36.2 Å². The molecule has 0 spiro atoms. The van der Waals surface area contributed by atoms with Crippen LogP contribution >= 0.6 is 0 Å².